The fourth-order valence-corrected chi connectivity index (χ4v) is 2.64. The molecule has 30 heavy (non-hydrogen) atoms. The highest BCUT2D eigenvalue weighted by atomic mass is 16.6. The van der Waals surface area contributed by atoms with Gasteiger partial charge in [-0.3, -0.25) is 19.7 Å². The van der Waals surface area contributed by atoms with Crippen LogP contribution in [0.1, 0.15) is 39.0 Å². The third-order valence-electron chi connectivity index (χ3n) is 4.31. The fraction of sp³-hybridized carbons (Fsp3) is 0.0952. The number of anilines is 1. The van der Waals surface area contributed by atoms with Gasteiger partial charge in [0.05, 0.1) is 22.5 Å². The SMILES string of the molecule is C/C(=N\NC(=O)c1cccc([N+](=O)[O-])c1)c1ccc(NC(=O)c2ccoc2C)cc1. The first kappa shape index (κ1) is 20.5. The van der Waals surface area contributed by atoms with Crippen molar-refractivity contribution in [2.24, 2.45) is 5.10 Å². The van der Waals surface area contributed by atoms with Gasteiger partial charge in [-0.2, -0.15) is 5.10 Å². The van der Waals surface area contributed by atoms with Crippen LogP contribution in [0.25, 0.3) is 0 Å². The van der Waals surface area contributed by atoms with Crippen molar-refractivity contribution in [1.82, 2.24) is 5.43 Å². The van der Waals surface area contributed by atoms with Crippen LogP contribution in [-0.2, 0) is 0 Å². The lowest BCUT2D eigenvalue weighted by atomic mass is 10.1. The summed E-state index contributed by atoms with van der Waals surface area (Å²) >= 11 is 0. The molecule has 2 N–H and O–H groups in total. The Morgan fingerprint density at radius 1 is 1.03 bits per heavy atom. The molecule has 1 heterocycles. The van der Waals surface area contributed by atoms with Crippen molar-refractivity contribution in [2.45, 2.75) is 13.8 Å². The van der Waals surface area contributed by atoms with Crippen molar-refractivity contribution >= 4 is 28.9 Å². The second-order valence-corrected chi connectivity index (χ2v) is 6.37. The van der Waals surface area contributed by atoms with Crippen molar-refractivity contribution in [3.05, 3.63) is 93.4 Å². The lowest BCUT2D eigenvalue weighted by Gasteiger charge is -2.07. The third-order valence-corrected chi connectivity index (χ3v) is 4.31. The molecule has 1 aromatic heterocycles. The van der Waals surface area contributed by atoms with E-state index >= 15 is 0 Å². The number of nitrogens with one attached hydrogen (secondary N) is 2. The van der Waals surface area contributed by atoms with Gasteiger partial charge in [0.2, 0.25) is 0 Å². The van der Waals surface area contributed by atoms with Gasteiger partial charge >= 0.3 is 0 Å². The normalized spacial score (nSPS) is 11.1. The highest BCUT2D eigenvalue weighted by molar-refractivity contribution is 6.05. The van der Waals surface area contributed by atoms with E-state index < -0.39 is 10.8 Å². The van der Waals surface area contributed by atoms with Gasteiger partial charge in [-0.1, -0.05) is 18.2 Å². The number of carbonyl (C=O) groups excluding carboxylic acids is 2. The molecule has 9 heteroatoms. The Hall–Kier alpha value is -4.27. The molecule has 2 aromatic carbocycles. The Morgan fingerprint density at radius 3 is 2.40 bits per heavy atom. The molecular formula is C21H18N4O5. The zero-order valence-electron chi connectivity index (χ0n) is 16.2. The molecule has 0 fully saturated rings. The predicted molar refractivity (Wildman–Crippen MR) is 111 cm³/mol. The molecule has 3 rings (SSSR count). The van der Waals surface area contributed by atoms with Crippen LogP contribution in [0.5, 0.6) is 0 Å². The minimum Gasteiger partial charge on any atom is -0.469 e. The molecule has 0 atom stereocenters. The van der Waals surface area contributed by atoms with Gasteiger partial charge in [0.1, 0.15) is 5.76 Å². The fourth-order valence-electron chi connectivity index (χ4n) is 2.64. The van der Waals surface area contributed by atoms with Crippen LogP contribution in [0, 0.1) is 17.0 Å². The van der Waals surface area contributed by atoms with Crippen molar-refractivity contribution in [1.29, 1.82) is 0 Å². The predicted octanol–water partition coefficient (Wildman–Crippen LogP) is 3.90. The summed E-state index contributed by atoms with van der Waals surface area (Å²) < 4.78 is 5.13. The quantitative estimate of drug-likeness (QED) is 0.365. The molecule has 152 valence electrons. The Kier molecular flexibility index (Phi) is 6.02. The summed E-state index contributed by atoms with van der Waals surface area (Å²) in [6.45, 7) is 3.41. The number of aryl methyl sites for hydroxylation is 1. The lowest BCUT2D eigenvalue weighted by molar-refractivity contribution is -0.384. The summed E-state index contributed by atoms with van der Waals surface area (Å²) in [7, 11) is 0. The molecule has 0 saturated heterocycles. The van der Waals surface area contributed by atoms with Gasteiger partial charge in [-0.15, -0.1) is 0 Å². The number of non-ortho nitro benzene ring substituents is 1. The summed E-state index contributed by atoms with van der Waals surface area (Å²) in [5, 5.41) is 17.6. The van der Waals surface area contributed by atoms with Crippen molar-refractivity contribution < 1.29 is 18.9 Å². The monoisotopic (exact) mass is 406 g/mol. The Bertz CT molecular complexity index is 1130. The van der Waals surface area contributed by atoms with Crippen LogP contribution in [0.15, 0.2) is 70.4 Å². The number of hydrogen-bond acceptors (Lipinski definition) is 6. The number of rotatable bonds is 6. The van der Waals surface area contributed by atoms with Gasteiger partial charge in [-0.05, 0) is 43.7 Å². The minimum absolute atomic E-state index is 0.133. The van der Waals surface area contributed by atoms with E-state index in [9.17, 15) is 19.7 Å². The molecule has 0 saturated carbocycles. The molecule has 0 unspecified atom stereocenters. The molecule has 0 aliphatic heterocycles. The number of nitro groups is 1. The highest BCUT2D eigenvalue weighted by Gasteiger charge is 2.12. The minimum atomic E-state index is -0.570. The number of hydrazone groups is 1. The van der Waals surface area contributed by atoms with Gasteiger partial charge in [-0.25, -0.2) is 5.43 Å². The maximum Gasteiger partial charge on any atom is 0.271 e. The molecule has 3 aromatic rings. The second-order valence-electron chi connectivity index (χ2n) is 6.37. The number of carbonyl (C=O) groups is 2. The number of benzene rings is 2. The third kappa shape index (κ3) is 4.76. The summed E-state index contributed by atoms with van der Waals surface area (Å²) in [5.74, 6) is -0.299. The van der Waals surface area contributed by atoms with E-state index in [0.717, 1.165) is 5.56 Å². The van der Waals surface area contributed by atoms with Crippen molar-refractivity contribution in [2.75, 3.05) is 5.32 Å². The van der Waals surface area contributed by atoms with Gasteiger partial charge in [0.15, 0.2) is 0 Å². The first-order chi connectivity index (χ1) is 14.3. The molecular weight excluding hydrogens is 388 g/mol. The van der Waals surface area contributed by atoms with E-state index in [1.807, 2.05) is 0 Å². The van der Waals surface area contributed by atoms with Crippen molar-refractivity contribution in [3.8, 4) is 0 Å². The smallest absolute Gasteiger partial charge is 0.271 e. The van der Waals surface area contributed by atoms with E-state index in [0.29, 0.717) is 22.7 Å². The average molecular weight is 406 g/mol. The number of nitrogens with zero attached hydrogens (tertiary/aromatic N) is 2. The van der Waals surface area contributed by atoms with Gasteiger partial charge < -0.3 is 9.73 Å². The summed E-state index contributed by atoms with van der Waals surface area (Å²) in [6.07, 6.45) is 1.45. The van der Waals surface area contributed by atoms with Gasteiger partial charge in [0.25, 0.3) is 17.5 Å². The molecule has 2 amide bonds. The Balaban J connectivity index is 1.64. The first-order valence-electron chi connectivity index (χ1n) is 8.90. The van der Waals surface area contributed by atoms with Crippen LogP contribution in [0.3, 0.4) is 0 Å². The first-order valence-corrected chi connectivity index (χ1v) is 8.90. The average Bonchev–Trinajstić information content (AvgIpc) is 3.18. The maximum atomic E-state index is 12.2. The van der Waals surface area contributed by atoms with E-state index in [4.69, 9.17) is 4.42 Å². The van der Waals surface area contributed by atoms with Crippen LogP contribution < -0.4 is 10.7 Å². The lowest BCUT2D eigenvalue weighted by Crippen LogP contribution is -2.19. The topological polar surface area (TPSA) is 127 Å². The van der Waals surface area contributed by atoms with E-state index in [1.165, 1.54) is 30.5 Å². The number of furan rings is 1. The molecule has 0 bridgehead atoms. The van der Waals surface area contributed by atoms with Crippen LogP contribution in [0.4, 0.5) is 11.4 Å². The summed E-state index contributed by atoms with van der Waals surface area (Å²) in [5.41, 5.74) is 4.65. The molecule has 0 radical (unpaired) electrons. The molecule has 9 nitrogen and oxygen atoms in total. The van der Waals surface area contributed by atoms with Gasteiger partial charge in [0, 0.05) is 23.4 Å². The van der Waals surface area contributed by atoms with Crippen molar-refractivity contribution in [3.63, 3.8) is 0 Å². The molecule has 0 aliphatic rings. The van der Waals surface area contributed by atoms with E-state index in [1.54, 1.807) is 44.2 Å². The van der Waals surface area contributed by atoms with Crippen LogP contribution in [0.2, 0.25) is 0 Å². The van der Waals surface area contributed by atoms with E-state index in [-0.39, 0.29) is 17.2 Å². The standard InChI is InChI=1S/C21H18N4O5/c1-13(23-24-20(26)16-4-3-5-18(12-16)25(28)29)15-6-8-17(9-7-15)22-21(27)19-10-11-30-14(19)2/h3-12H,1-2H3,(H,22,27)(H,24,26)/b23-13+. The maximum absolute atomic E-state index is 12.2. The molecule has 0 aliphatic carbocycles. The Labute approximate surface area is 171 Å². The second kappa shape index (κ2) is 8.82. The summed E-state index contributed by atoms with van der Waals surface area (Å²) in [6, 6.07) is 13.9. The number of hydrogen-bond donors (Lipinski definition) is 2. The van der Waals surface area contributed by atoms with Crippen LogP contribution >= 0.6 is 0 Å². The largest absolute Gasteiger partial charge is 0.469 e. The Morgan fingerprint density at radius 2 is 1.77 bits per heavy atom. The van der Waals surface area contributed by atoms with E-state index in [2.05, 4.69) is 15.8 Å². The highest BCUT2D eigenvalue weighted by Crippen LogP contribution is 2.15. The zero-order chi connectivity index (χ0) is 21.7. The summed E-state index contributed by atoms with van der Waals surface area (Å²) in [4.78, 5) is 34.6. The zero-order valence-corrected chi connectivity index (χ0v) is 16.2. The number of amides is 2. The molecule has 0 spiro atoms. The van der Waals surface area contributed by atoms with Crippen LogP contribution in [-0.4, -0.2) is 22.4 Å². The number of nitro benzene ring substituents is 1.